The summed E-state index contributed by atoms with van der Waals surface area (Å²) < 4.78 is 0. The van der Waals surface area contributed by atoms with E-state index in [0.717, 1.165) is 5.69 Å². The highest BCUT2D eigenvalue weighted by Crippen LogP contribution is 2.18. The largest absolute Gasteiger partial charge is 0.396 e. The molecule has 1 aliphatic rings. The number of aromatic nitrogens is 2. The number of H-pyrrole nitrogens is 1. The van der Waals surface area contributed by atoms with Gasteiger partial charge < -0.3 is 15.0 Å². The SMILES string of the molecule is O=C1CC(CO)CN1Cc1cnc[nH]1. The van der Waals surface area contributed by atoms with Crippen molar-refractivity contribution in [1.29, 1.82) is 0 Å². The lowest BCUT2D eigenvalue weighted by Gasteiger charge is -2.14. The zero-order chi connectivity index (χ0) is 9.97. The van der Waals surface area contributed by atoms with Gasteiger partial charge in [0.05, 0.1) is 18.6 Å². The van der Waals surface area contributed by atoms with E-state index < -0.39 is 0 Å². The number of likely N-dealkylation sites (tertiary alicyclic amines) is 1. The molecule has 1 unspecified atom stereocenters. The number of imidazole rings is 1. The molecule has 5 heteroatoms. The van der Waals surface area contributed by atoms with Crippen molar-refractivity contribution in [2.24, 2.45) is 5.92 Å². The van der Waals surface area contributed by atoms with Crippen molar-refractivity contribution >= 4 is 5.91 Å². The standard InChI is InChI=1S/C9H13N3O2/c13-5-7-1-9(14)12(3-7)4-8-2-10-6-11-8/h2,6-7,13H,1,3-5H2,(H,10,11). The minimum absolute atomic E-state index is 0.0885. The van der Waals surface area contributed by atoms with Gasteiger partial charge in [0.15, 0.2) is 0 Å². The van der Waals surface area contributed by atoms with Crippen LogP contribution in [0.3, 0.4) is 0 Å². The Morgan fingerprint density at radius 1 is 1.71 bits per heavy atom. The Bertz CT molecular complexity index is 310. The van der Waals surface area contributed by atoms with Gasteiger partial charge in [-0.2, -0.15) is 0 Å². The number of aliphatic hydroxyl groups excluding tert-OH is 1. The smallest absolute Gasteiger partial charge is 0.223 e. The Hall–Kier alpha value is -1.36. The molecule has 0 aromatic carbocycles. The summed E-state index contributed by atoms with van der Waals surface area (Å²) in [7, 11) is 0. The van der Waals surface area contributed by atoms with Crippen LogP contribution in [0.5, 0.6) is 0 Å². The molecule has 0 spiro atoms. The fraction of sp³-hybridized carbons (Fsp3) is 0.556. The molecule has 1 aliphatic heterocycles. The number of amides is 1. The molecule has 1 aromatic heterocycles. The summed E-state index contributed by atoms with van der Waals surface area (Å²) in [5.74, 6) is 0.212. The maximum absolute atomic E-state index is 11.5. The molecule has 76 valence electrons. The Morgan fingerprint density at radius 2 is 2.57 bits per heavy atom. The first kappa shape index (κ1) is 9.21. The number of nitrogens with zero attached hydrogens (tertiary/aromatic N) is 2. The molecular weight excluding hydrogens is 182 g/mol. The van der Waals surface area contributed by atoms with Crippen LogP contribution in [-0.4, -0.2) is 39.0 Å². The summed E-state index contributed by atoms with van der Waals surface area (Å²) in [6.07, 6.45) is 3.77. The number of carbonyl (C=O) groups is 1. The number of aliphatic hydroxyl groups is 1. The van der Waals surface area contributed by atoms with Crippen LogP contribution in [0.4, 0.5) is 0 Å². The first-order chi connectivity index (χ1) is 6.79. The minimum atomic E-state index is 0.0885. The van der Waals surface area contributed by atoms with E-state index in [2.05, 4.69) is 9.97 Å². The van der Waals surface area contributed by atoms with Crippen LogP contribution >= 0.6 is 0 Å². The average Bonchev–Trinajstić information content (AvgIpc) is 2.78. The van der Waals surface area contributed by atoms with Gasteiger partial charge in [-0.25, -0.2) is 4.98 Å². The number of nitrogens with one attached hydrogen (secondary N) is 1. The van der Waals surface area contributed by atoms with Gasteiger partial charge in [-0.3, -0.25) is 4.79 Å². The third kappa shape index (κ3) is 1.77. The number of aromatic amines is 1. The predicted octanol–water partition coefficient (Wildman–Crippen LogP) is -0.250. The summed E-state index contributed by atoms with van der Waals surface area (Å²) in [6, 6.07) is 0. The zero-order valence-corrected chi connectivity index (χ0v) is 7.81. The predicted molar refractivity (Wildman–Crippen MR) is 49.2 cm³/mol. The highest BCUT2D eigenvalue weighted by molar-refractivity contribution is 5.78. The fourth-order valence-electron chi connectivity index (χ4n) is 1.71. The van der Waals surface area contributed by atoms with Gasteiger partial charge in [0.25, 0.3) is 0 Å². The summed E-state index contributed by atoms with van der Waals surface area (Å²) in [4.78, 5) is 20.0. The van der Waals surface area contributed by atoms with Crippen molar-refractivity contribution in [3.63, 3.8) is 0 Å². The van der Waals surface area contributed by atoms with Crippen LogP contribution < -0.4 is 0 Å². The van der Waals surface area contributed by atoms with Gasteiger partial charge >= 0.3 is 0 Å². The highest BCUT2D eigenvalue weighted by Gasteiger charge is 2.28. The molecule has 0 aliphatic carbocycles. The molecule has 5 nitrogen and oxygen atoms in total. The number of rotatable bonds is 3. The normalized spacial score (nSPS) is 21.9. The zero-order valence-electron chi connectivity index (χ0n) is 7.81. The van der Waals surface area contributed by atoms with Crippen molar-refractivity contribution in [1.82, 2.24) is 14.9 Å². The Morgan fingerprint density at radius 3 is 3.14 bits per heavy atom. The maximum atomic E-state index is 11.5. The Kier molecular flexibility index (Phi) is 2.49. The van der Waals surface area contributed by atoms with Crippen molar-refractivity contribution in [3.8, 4) is 0 Å². The van der Waals surface area contributed by atoms with E-state index in [1.807, 2.05) is 0 Å². The lowest BCUT2D eigenvalue weighted by atomic mass is 10.1. The van der Waals surface area contributed by atoms with E-state index in [1.54, 1.807) is 17.4 Å². The molecule has 0 bridgehead atoms. The van der Waals surface area contributed by atoms with Gasteiger partial charge in [0, 0.05) is 31.7 Å². The monoisotopic (exact) mass is 195 g/mol. The van der Waals surface area contributed by atoms with Crippen LogP contribution in [0.15, 0.2) is 12.5 Å². The molecule has 1 aromatic rings. The quantitative estimate of drug-likeness (QED) is 0.698. The molecule has 1 saturated heterocycles. The second-order valence-corrected chi connectivity index (χ2v) is 3.60. The second kappa shape index (κ2) is 3.79. The van der Waals surface area contributed by atoms with Crippen molar-refractivity contribution < 1.29 is 9.90 Å². The fourth-order valence-corrected chi connectivity index (χ4v) is 1.71. The summed E-state index contributed by atoms with van der Waals surface area (Å²) in [6.45, 7) is 1.30. The number of hydrogen-bond donors (Lipinski definition) is 2. The molecule has 2 rings (SSSR count). The molecule has 1 amide bonds. The van der Waals surface area contributed by atoms with E-state index in [-0.39, 0.29) is 18.4 Å². The van der Waals surface area contributed by atoms with Crippen LogP contribution in [0, 0.1) is 5.92 Å². The van der Waals surface area contributed by atoms with E-state index >= 15 is 0 Å². The lowest BCUT2D eigenvalue weighted by Crippen LogP contribution is -2.25. The first-order valence-corrected chi connectivity index (χ1v) is 4.65. The van der Waals surface area contributed by atoms with Crippen LogP contribution in [-0.2, 0) is 11.3 Å². The van der Waals surface area contributed by atoms with Gasteiger partial charge in [-0.05, 0) is 0 Å². The third-order valence-corrected chi connectivity index (χ3v) is 2.47. The Labute approximate surface area is 81.8 Å². The van der Waals surface area contributed by atoms with Gasteiger partial charge in [-0.1, -0.05) is 0 Å². The molecule has 0 saturated carbocycles. The maximum Gasteiger partial charge on any atom is 0.223 e. The van der Waals surface area contributed by atoms with Crippen LogP contribution in [0.25, 0.3) is 0 Å². The average molecular weight is 195 g/mol. The lowest BCUT2D eigenvalue weighted by molar-refractivity contribution is -0.128. The van der Waals surface area contributed by atoms with E-state index in [1.165, 1.54) is 0 Å². The topological polar surface area (TPSA) is 69.2 Å². The second-order valence-electron chi connectivity index (χ2n) is 3.60. The molecule has 0 radical (unpaired) electrons. The van der Waals surface area contributed by atoms with Gasteiger partial charge in [0.2, 0.25) is 5.91 Å². The number of hydrogen-bond acceptors (Lipinski definition) is 3. The van der Waals surface area contributed by atoms with E-state index in [4.69, 9.17) is 5.11 Å². The molecule has 2 heterocycles. The van der Waals surface area contributed by atoms with Crippen molar-refractivity contribution in [3.05, 3.63) is 18.2 Å². The first-order valence-electron chi connectivity index (χ1n) is 4.65. The van der Waals surface area contributed by atoms with Gasteiger partial charge in [-0.15, -0.1) is 0 Å². The summed E-state index contributed by atoms with van der Waals surface area (Å²) in [5.41, 5.74) is 0.928. The molecule has 2 N–H and O–H groups in total. The number of carbonyl (C=O) groups excluding carboxylic acids is 1. The van der Waals surface area contributed by atoms with E-state index in [9.17, 15) is 4.79 Å². The molecule has 14 heavy (non-hydrogen) atoms. The Balaban J connectivity index is 1.96. The van der Waals surface area contributed by atoms with Gasteiger partial charge in [0.1, 0.15) is 0 Å². The highest BCUT2D eigenvalue weighted by atomic mass is 16.3. The van der Waals surface area contributed by atoms with Crippen LogP contribution in [0.2, 0.25) is 0 Å². The third-order valence-electron chi connectivity index (χ3n) is 2.47. The summed E-state index contributed by atoms with van der Waals surface area (Å²) >= 11 is 0. The molecule has 1 atom stereocenters. The van der Waals surface area contributed by atoms with E-state index in [0.29, 0.717) is 19.5 Å². The summed E-state index contributed by atoms with van der Waals surface area (Å²) in [5, 5.41) is 8.93. The molecular formula is C9H13N3O2. The molecule has 1 fully saturated rings. The van der Waals surface area contributed by atoms with Crippen molar-refractivity contribution in [2.75, 3.05) is 13.2 Å². The van der Waals surface area contributed by atoms with Crippen molar-refractivity contribution in [2.45, 2.75) is 13.0 Å². The minimum Gasteiger partial charge on any atom is -0.396 e. The van der Waals surface area contributed by atoms with Crippen LogP contribution in [0.1, 0.15) is 12.1 Å².